The number of ketones is 1. The first kappa shape index (κ1) is 31.0. The standard InChI is InChI=1S/C12H17NO2S.C12H22.C5H12O/c1-9(10(2)15)7-12(16)11-3-5-13(8-14)6-4-11;1-10-6-2-3-7-11-8-4-5-9-12(10)11;1-5(2,3)6-4/h7-8,11,16H,1,3-6H2,2H3;10-12H,2-9H2,1H3;1-4H3/b12-7-;;. The molecule has 0 aromatic carbocycles. The molecule has 1 heterocycles. The number of allylic oxidation sites excluding steroid dienone is 3. The molecule has 34 heavy (non-hydrogen) atoms. The van der Waals surface area contributed by atoms with E-state index in [0.29, 0.717) is 11.5 Å². The van der Waals surface area contributed by atoms with Gasteiger partial charge in [0.2, 0.25) is 6.41 Å². The van der Waals surface area contributed by atoms with Gasteiger partial charge in [-0.15, -0.1) is 12.6 Å². The van der Waals surface area contributed by atoms with E-state index >= 15 is 0 Å². The van der Waals surface area contributed by atoms with Crippen molar-refractivity contribution in [3.05, 3.63) is 23.1 Å². The van der Waals surface area contributed by atoms with E-state index in [4.69, 9.17) is 4.74 Å². The van der Waals surface area contributed by atoms with Gasteiger partial charge >= 0.3 is 0 Å². The predicted octanol–water partition coefficient (Wildman–Crippen LogP) is 7.25. The van der Waals surface area contributed by atoms with E-state index in [9.17, 15) is 9.59 Å². The lowest BCUT2D eigenvalue weighted by Gasteiger charge is -2.33. The Morgan fingerprint density at radius 3 is 1.97 bits per heavy atom. The molecule has 2 aliphatic carbocycles. The molecule has 5 heteroatoms. The molecule has 1 aliphatic heterocycles. The van der Waals surface area contributed by atoms with Crippen molar-refractivity contribution in [2.24, 2.45) is 23.7 Å². The van der Waals surface area contributed by atoms with Crippen LogP contribution in [0.25, 0.3) is 0 Å². The van der Waals surface area contributed by atoms with Crippen LogP contribution in [0.1, 0.15) is 98.8 Å². The monoisotopic (exact) mass is 493 g/mol. The summed E-state index contributed by atoms with van der Waals surface area (Å²) in [5.41, 5.74) is 0.530. The van der Waals surface area contributed by atoms with Gasteiger partial charge in [0.15, 0.2) is 5.78 Å². The molecule has 0 N–H and O–H groups in total. The lowest BCUT2D eigenvalue weighted by atomic mass is 9.72. The molecule has 0 aromatic rings. The Morgan fingerprint density at radius 2 is 1.50 bits per heavy atom. The molecule has 0 bridgehead atoms. The maximum absolute atomic E-state index is 11.0. The molecule has 0 radical (unpaired) electrons. The Hall–Kier alpha value is -1.07. The van der Waals surface area contributed by atoms with Crippen LogP contribution in [0, 0.1) is 23.7 Å². The van der Waals surface area contributed by atoms with Gasteiger partial charge < -0.3 is 9.64 Å². The van der Waals surface area contributed by atoms with Gasteiger partial charge in [-0.3, -0.25) is 9.59 Å². The van der Waals surface area contributed by atoms with Crippen molar-refractivity contribution in [2.75, 3.05) is 20.2 Å². The van der Waals surface area contributed by atoms with Crippen molar-refractivity contribution in [3.8, 4) is 0 Å². The van der Waals surface area contributed by atoms with Gasteiger partial charge in [0.05, 0.1) is 5.60 Å². The fraction of sp³-hybridized carbons (Fsp3) is 0.793. The Labute approximate surface area is 215 Å². The Morgan fingerprint density at radius 1 is 1.00 bits per heavy atom. The number of fused-ring (bicyclic) bond motifs is 1. The zero-order valence-corrected chi connectivity index (χ0v) is 23.7. The second kappa shape index (κ2) is 15.8. The molecule has 0 spiro atoms. The molecule has 4 nitrogen and oxygen atoms in total. The van der Waals surface area contributed by atoms with Crippen LogP contribution >= 0.6 is 12.6 Å². The minimum atomic E-state index is -0.0307. The third kappa shape index (κ3) is 12.1. The van der Waals surface area contributed by atoms with Gasteiger partial charge in [-0.1, -0.05) is 58.4 Å². The molecule has 3 aliphatic rings. The van der Waals surface area contributed by atoms with E-state index in [-0.39, 0.29) is 11.4 Å². The summed E-state index contributed by atoms with van der Waals surface area (Å²) in [6.45, 7) is 15.3. The highest BCUT2D eigenvalue weighted by molar-refractivity contribution is 7.84. The number of hydrogen-bond acceptors (Lipinski definition) is 4. The average Bonchev–Trinajstić information content (AvgIpc) is 3.01. The highest BCUT2D eigenvalue weighted by Crippen LogP contribution is 2.42. The molecule has 3 atom stereocenters. The van der Waals surface area contributed by atoms with Gasteiger partial charge in [0, 0.05) is 25.8 Å². The van der Waals surface area contributed by atoms with Crippen molar-refractivity contribution in [1.29, 1.82) is 0 Å². The summed E-state index contributed by atoms with van der Waals surface area (Å²) in [6.07, 6.45) is 16.7. The largest absolute Gasteiger partial charge is 0.379 e. The van der Waals surface area contributed by atoms with E-state index < -0.39 is 0 Å². The number of amides is 1. The molecule has 196 valence electrons. The van der Waals surface area contributed by atoms with Crippen molar-refractivity contribution in [1.82, 2.24) is 4.90 Å². The van der Waals surface area contributed by atoms with Crippen LogP contribution in [0.2, 0.25) is 0 Å². The SMILES string of the molecule is C=C(/C=C(\S)C1CCN(C=O)CC1)C(C)=O.CC1CCCCC2CCCCC12.COC(C)(C)C. The number of methoxy groups -OCH3 is 1. The first-order valence-electron chi connectivity index (χ1n) is 13.3. The fourth-order valence-electron chi connectivity index (χ4n) is 5.13. The number of hydrogen-bond donors (Lipinski definition) is 1. The summed E-state index contributed by atoms with van der Waals surface area (Å²) >= 11 is 4.41. The smallest absolute Gasteiger partial charge is 0.209 e. The minimum absolute atomic E-state index is 0.0307. The predicted molar refractivity (Wildman–Crippen MR) is 147 cm³/mol. The highest BCUT2D eigenvalue weighted by Gasteiger charge is 2.30. The summed E-state index contributed by atoms with van der Waals surface area (Å²) in [7, 11) is 1.71. The van der Waals surface area contributed by atoms with Crippen LogP contribution in [0.15, 0.2) is 23.1 Å². The molecule has 3 rings (SSSR count). The van der Waals surface area contributed by atoms with Crippen LogP contribution in [-0.2, 0) is 14.3 Å². The van der Waals surface area contributed by atoms with Gasteiger partial charge in [-0.2, -0.15) is 0 Å². The van der Waals surface area contributed by atoms with E-state index in [0.717, 1.165) is 55.0 Å². The Bertz CT molecular complexity index is 659. The topological polar surface area (TPSA) is 46.6 Å². The second-order valence-corrected chi connectivity index (χ2v) is 11.9. The summed E-state index contributed by atoms with van der Waals surface area (Å²) < 4.78 is 4.94. The minimum Gasteiger partial charge on any atom is -0.379 e. The number of thiol groups is 1. The average molecular weight is 494 g/mol. The number of rotatable bonds is 4. The van der Waals surface area contributed by atoms with Crippen LogP contribution < -0.4 is 0 Å². The number of nitrogens with zero attached hydrogens (tertiary/aromatic N) is 1. The van der Waals surface area contributed by atoms with E-state index in [1.165, 1.54) is 39.0 Å². The summed E-state index contributed by atoms with van der Waals surface area (Å²) in [6, 6.07) is 0. The van der Waals surface area contributed by atoms with E-state index in [2.05, 4.69) is 26.1 Å². The molecular weight excluding hydrogens is 442 g/mol. The second-order valence-electron chi connectivity index (χ2n) is 11.4. The van der Waals surface area contributed by atoms with E-state index in [1.807, 2.05) is 20.8 Å². The number of piperidine rings is 1. The van der Waals surface area contributed by atoms with Crippen LogP contribution in [0.5, 0.6) is 0 Å². The van der Waals surface area contributed by atoms with Crippen molar-refractivity contribution in [2.45, 2.75) is 104 Å². The molecule has 1 saturated heterocycles. The number of ether oxygens (including phenoxy) is 1. The molecular formula is C29H51NO3S. The number of carbonyl (C=O) groups excluding carboxylic acids is 2. The fourth-order valence-corrected chi connectivity index (χ4v) is 5.54. The third-order valence-electron chi connectivity index (χ3n) is 7.67. The van der Waals surface area contributed by atoms with Crippen molar-refractivity contribution < 1.29 is 14.3 Å². The lowest BCUT2D eigenvalue weighted by molar-refractivity contribution is -0.119. The lowest BCUT2D eigenvalue weighted by Crippen LogP contribution is -2.32. The normalized spacial score (nSPS) is 26.0. The molecule has 2 saturated carbocycles. The Balaban J connectivity index is 0.000000282. The van der Waals surface area contributed by atoms with E-state index in [1.54, 1.807) is 37.3 Å². The third-order valence-corrected chi connectivity index (χ3v) is 8.16. The maximum Gasteiger partial charge on any atom is 0.209 e. The maximum atomic E-state index is 11.0. The molecule has 1 amide bonds. The zero-order chi connectivity index (χ0) is 25.7. The number of carbonyl (C=O) groups is 2. The first-order chi connectivity index (χ1) is 16.0. The number of Topliss-reactive ketones (excluding diaryl/α,β-unsaturated/α-hetero) is 1. The van der Waals surface area contributed by atoms with Crippen molar-refractivity contribution in [3.63, 3.8) is 0 Å². The summed E-state index contributed by atoms with van der Waals surface area (Å²) in [4.78, 5) is 24.2. The number of likely N-dealkylation sites (tertiary alicyclic amines) is 1. The quantitative estimate of drug-likeness (QED) is 0.194. The highest BCUT2D eigenvalue weighted by atomic mass is 32.1. The Kier molecular flexibility index (Phi) is 14.4. The van der Waals surface area contributed by atoms with Crippen LogP contribution in [-0.4, -0.2) is 42.9 Å². The zero-order valence-electron chi connectivity index (χ0n) is 22.8. The van der Waals surface area contributed by atoms with Gasteiger partial charge in [0.25, 0.3) is 0 Å². The van der Waals surface area contributed by atoms with Crippen LogP contribution in [0.4, 0.5) is 0 Å². The van der Waals surface area contributed by atoms with Gasteiger partial charge in [-0.05, 0) is 81.6 Å². The molecule has 3 fully saturated rings. The summed E-state index contributed by atoms with van der Waals surface area (Å²) in [5, 5.41) is 0. The summed E-state index contributed by atoms with van der Waals surface area (Å²) in [5.74, 6) is 3.59. The van der Waals surface area contributed by atoms with Gasteiger partial charge in [-0.25, -0.2) is 0 Å². The van der Waals surface area contributed by atoms with Gasteiger partial charge in [0.1, 0.15) is 0 Å². The first-order valence-corrected chi connectivity index (χ1v) is 13.8. The van der Waals surface area contributed by atoms with Crippen molar-refractivity contribution >= 4 is 24.8 Å². The van der Waals surface area contributed by atoms with Crippen LogP contribution in [0.3, 0.4) is 0 Å². The molecule has 0 aromatic heterocycles. The molecule has 3 unspecified atom stereocenters.